The Morgan fingerprint density at radius 1 is 1.47 bits per heavy atom. The largest absolute Gasteiger partial charge is 0.324 e. The summed E-state index contributed by atoms with van der Waals surface area (Å²) in [7, 11) is -3.64. The Hall–Kier alpha value is -1.13. The molecule has 0 amide bonds. The highest BCUT2D eigenvalue weighted by atomic mass is 35.5. The summed E-state index contributed by atoms with van der Waals surface area (Å²) in [6.07, 6.45) is 2.67. The molecule has 7 heteroatoms. The van der Waals surface area contributed by atoms with E-state index in [-0.39, 0.29) is 22.0 Å². The molecule has 1 aromatic rings. The molecule has 1 aliphatic carbocycles. The third-order valence-electron chi connectivity index (χ3n) is 3.33. The molecule has 0 saturated heterocycles. The summed E-state index contributed by atoms with van der Waals surface area (Å²) in [5, 5.41) is 8.87. The van der Waals surface area contributed by atoms with Gasteiger partial charge in [-0.2, -0.15) is 5.26 Å². The van der Waals surface area contributed by atoms with E-state index in [2.05, 4.69) is 4.72 Å². The first kappa shape index (κ1) is 14.3. The predicted molar refractivity (Wildman–Crippen MR) is 72.1 cm³/mol. The average Bonchev–Trinajstić information content (AvgIpc) is 2.34. The minimum atomic E-state index is -3.64. The van der Waals surface area contributed by atoms with Crippen LogP contribution in [0.1, 0.15) is 24.8 Å². The van der Waals surface area contributed by atoms with Crippen LogP contribution < -0.4 is 10.5 Å². The molecule has 1 fully saturated rings. The van der Waals surface area contributed by atoms with Crippen LogP contribution in [0.15, 0.2) is 23.1 Å². The molecule has 0 radical (unpaired) electrons. The second kappa shape index (κ2) is 5.10. The number of nitrogens with one attached hydrogen (secondary N) is 1. The predicted octanol–water partition coefficient (Wildman–Crippen LogP) is 1.37. The highest BCUT2D eigenvalue weighted by molar-refractivity contribution is 7.89. The van der Waals surface area contributed by atoms with Crippen molar-refractivity contribution in [3.8, 4) is 6.07 Å². The van der Waals surface area contributed by atoms with Crippen LogP contribution in [-0.2, 0) is 10.0 Å². The van der Waals surface area contributed by atoms with Gasteiger partial charge in [0, 0.05) is 12.1 Å². The van der Waals surface area contributed by atoms with Gasteiger partial charge in [0.15, 0.2) is 0 Å². The number of hydrogen-bond acceptors (Lipinski definition) is 4. The Morgan fingerprint density at radius 2 is 2.16 bits per heavy atom. The van der Waals surface area contributed by atoms with Crippen LogP contribution in [0, 0.1) is 11.3 Å². The van der Waals surface area contributed by atoms with Crippen molar-refractivity contribution in [1.29, 1.82) is 5.26 Å². The van der Waals surface area contributed by atoms with Gasteiger partial charge in [-0.05, 0) is 37.5 Å². The molecule has 3 N–H and O–H groups in total. The molecule has 0 unspecified atom stereocenters. The number of benzene rings is 1. The van der Waals surface area contributed by atoms with Gasteiger partial charge in [0.2, 0.25) is 10.0 Å². The van der Waals surface area contributed by atoms with Crippen LogP contribution in [0.25, 0.3) is 0 Å². The van der Waals surface area contributed by atoms with E-state index < -0.39 is 15.6 Å². The van der Waals surface area contributed by atoms with Crippen molar-refractivity contribution in [2.24, 2.45) is 5.73 Å². The van der Waals surface area contributed by atoms with Crippen LogP contribution in [-0.4, -0.2) is 20.5 Å². The van der Waals surface area contributed by atoms with E-state index in [1.54, 1.807) is 0 Å². The number of halogens is 1. The Balaban J connectivity index is 2.15. The molecule has 1 saturated carbocycles. The number of hydrogen-bond donors (Lipinski definition) is 2. The number of nitrogens with zero attached hydrogens (tertiary/aromatic N) is 1. The summed E-state index contributed by atoms with van der Waals surface area (Å²) < 4.78 is 26.6. The average molecular weight is 300 g/mol. The van der Waals surface area contributed by atoms with Crippen molar-refractivity contribution in [2.45, 2.75) is 29.7 Å². The standard InChI is InChI=1S/C12H14ClN3O2S/c13-11-6-10(3-2-9(11)7-14)19(17,18)16-8-12(15)4-1-5-12/h2-3,6,16H,1,4-5,8,15H2. The number of sulfonamides is 1. The summed E-state index contributed by atoms with van der Waals surface area (Å²) >= 11 is 5.82. The minimum Gasteiger partial charge on any atom is -0.324 e. The fourth-order valence-corrected chi connectivity index (χ4v) is 3.34. The molecule has 0 heterocycles. The SMILES string of the molecule is N#Cc1ccc(S(=O)(=O)NCC2(N)CCC2)cc1Cl. The molecular formula is C12H14ClN3O2S. The first-order chi connectivity index (χ1) is 8.86. The summed E-state index contributed by atoms with van der Waals surface area (Å²) in [5.41, 5.74) is 5.79. The van der Waals surface area contributed by atoms with E-state index >= 15 is 0 Å². The fraction of sp³-hybridized carbons (Fsp3) is 0.417. The van der Waals surface area contributed by atoms with Gasteiger partial charge in [-0.1, -0.05) is 11.6 Å². The Labute approximate surface area is 117 Å². The lowest BCUT2D eigenvalue weighted by molar-refractivity contribution is 0.251. The molecule has 5 nitrogen and oxygen atoms in total. The highest BCUT2D eigenvalue weighted by Gasteiger charge is 2.33. The van der Waals surface area contributed by atoms with Crippen LogP contribution in [0.4, 0.5) is 0 Å². The Morgan fingerprint density at radius 3 is 2.63 bits per heavy atom. The molecule has 0 atom stereocenters. The number of nitrogens with two attached hydrogens (primary N) is 1. The van der Waals surface area contributed by atoms with Gasteiger partial charge in [0.05, 0.1) is 15.5 Å². The quantitative estimate of drug-likeness (QED) is 0.877. The minimum absolute atomic E-state index is 0.0411. The van der Waals surface area contributed by atoms with Gasteiger partial charge in [0.1, 0.15) is 6.07 Å². The van der Waals surface area contributed by atoms with Crippen molar-refractivity contribution in [2.75, 3.05) is 6.54 Å². The molecule has 1 aliphatic rings. The van der Waals surface area contributed by atoms with Gasteiger partial charge in [0.25, 0.3) is 0 Å². The van der Waals surface area contributed by atoms with Crippen molar-refractivity contribution >= 4 is 21.6 Å². The maximum Gasteiger partial charge on any atom is 0.240 e. The van der Waals surface area contributed by atoms with Crippen molar-refractivity contribution < 1.29 is 8.42 Å². The van der Waals surface area contributed by atoms with Gasteiger partial charge < -0.3 is 5.73 Å². The normalized spacial score (nSPS) is 17.5. The maximum atomic E-state index is 12.1. The number of nitriles is 1. The second-order valence-corrected chi connectivity index (χ2v) is 6.97. The molecular weight excluding hydrogens is 286 g/mol. The molecule has 19 heavy (non-hydrogen) atoms. The molecule has 2 rings (SSSR count). The summed E-state index contributed by atoms with van der Waals surface area (Å²) in [6, 6.07) is 5.90. The van der Waals surface area contributed by atoms with Crippen molar-refractivity contribution in [1.82, 2.24) is 4.72 Å². The Kier molecular flexibility index (Phi) is 3.83. The zero-order valence-corrected chi connectivity index (χ0v) is 11.8. The highest BCUT2D eigenvalue weighted by Crippen LogP contribution is 2.28. The van der Waals surface area contributed by atoms with E-state index in [1.807, 2.05) is 6.07 Å². The Bertz CT molecular complexity index is 633. The zero-order chi connectivity index (χ0) is 14.1. The van der Waals surface area contributed by atoms with Crippen LogP contribution in [0.2, 0.25) is 5.02 Å². The van der Waals surface area contributed by atoms with Crippen LogP contribution in [0.3, 0.4) is 0 Å². The van der Waals surface area contributed by atoms with E-state index in [9.17, 15) is 8.42 Å². The molecule has 0 aliphatic heterocycles. The van der Waals surface area contributed by atoms with Gasteiger partial charge in [-0.15, -0.1) is 0 Å². The van der Waals surface area contributed by atoms with Crippen LogP contribution >= 0.6 is 11.6 Å². The number of rotatable bonds is 4. The summed E-state index contributed by atoms with van der Waals surface area (Å²) in [4.78, 5) is 0.0411. The maximum absolute atomic E-state index is 12.1. The first-order valence-electron chi connectivity index (χ1n) is 5.85. The fourth-order valence-electron chi connectivity index (χ4n) is 1.88. The molecule has 0 spiro atoms. The third-order valence-corrected chi connectivity index (χ3v) is 5.05. The zero-order valence-electron chi connectivity index (χ0n) is 10.2. The second-order valence-electron chi connectivity index (χ2n) is 4.79. The summed E-state index contributed by atoms with van der Waals surface area (Å²) in [6.45, 7) is 0.215. The molecule has 1 aromatic carbocycles. The smallest absolute Gasteiger partial charge is 0.240 e. The molecule has 0 aromatic heterocycles. The monoisotopic (exact) mass is 299 g/mol. The van der Waals surface area contributed by atoms with Crippen LogP contribution in [0.5, 0.6) is 0 Å². The van der Waals surface area contributed by atoms with Crippen molar-refractivity contribution in [3.63, 3.8) is 0 Å². The van der Waals surface area contributed by atoms with Gasteiger partial charge in [-0.25, -0.2) is 13.1 Å². The lowest BCUT2D eigenvalue weighted by atomic mass is 9.78. The lowest BCUT2D eigenvalue weighted by Gasteiger charge is -2.38. The topological polar surface area (TPSA) is 96.0 Å². The lowest BCUT2D eigenvalue weighted by Crippen LogP contribution is -2.54. The van der Waals surface area contributed by atoms with Gasteiger partial charge in [-0.3, -0.25) is 0 Å². The van der Waals surface area contributed by atoms with Crippen molar-refractivity contribution in [3.05, 3.63) is 28.8 Å². The molecule has 102 valence electrons. The van der Waals surface area contributed by atoms with E-state index in [0.717, 1.165) is 19.3 Å². The first-order valence-corrected chi connectivity index (χ1v) is 7.71. The molecule has 0 bridgehead atoms. The van der Waals surface area contributed by atoms with E-state index in [4.69, 9.17) is 22.6 Å². The van der Waals surface area contributed by atoms with E-state index in [1.165, 1.54) is 18.2 Å². The summed E-state index contributed by atoms with van der Waals surface area (Å²) in [5.74, 6) is 0. The van der Waals surface area contributed by atoms with Gasteiger partial charge >= 0.3 is 0 Å². The third kappa shape index (κ3) is 3.07. The van der Waals surface area contributed by atoms with E-state index in [0.29, 0.717) is 0 Å².